The van der Waals surface area contributed by atoms with Gasteiger partial charge in [-0.2, -0.15) is 0 Å². The maximum Gasteiger partial charge on any atom is 0.309 e. The van der Waals surface area contributed by atoms with Crippen molar-refractivity contribution in [3.8, 4) is 0 Å². The van der Waals surface area contributed by atoms with Crippen LogP contribution in [0, 0.1) is 17.8 Å². The highest BCUT2D eigenvalue weighted by molar-refractivity contribution is 6.17. The normalized spacial score (nSPS) is 43.8. The third-order valence-electron chi connectivity index (χ3n) is 5.48. The average Bonchev–Trinajstić information content (AvgIpc) is 2.81. The molecule has 3 heteroatoms. The van der Waals surface area contributed by atoms with Gasteiger partial charge in [0.25, 0.3) is 0 Å². The molecule has 0 radical (unpaired) electrons. The predicted molar refractivity (Wildman–Crippen MR) is 71.6 cm³/mol. The highest BCUT2D eigenvalue weighted by atomic mass is 35.5. The van der Waals surface area contributed by atoms with Gasteiger partial charge in [-0.1, -0.05) is 12.8 Å². The zero-order valence-electron chi connectivity index (χ0n) is 11.0. The molecule has 0 aromatic rings. The molecule has 0 amide bonds. The van der Waals surface area contributed by atoms with E-state index in [0.717, 1.165) is 25.7 Å². The molecule has 2 aliphatic carbocycles. The van der Waals surface area contributed by atoms with E-state index in [-0.39, 0.29) is 17.5 Å². The Morgan fingerprint density at radius 1 is 1.22 bits per heavy atom. The lowest BCUT2D eigenvalue weighted by molar-refractivity contribution is -0.193. The van der Waals surface area contributed by atoms with Crippen LogP contribution in [-0.2, 0) is 9.53 Å². The van der Waals surface area contributed by atoms with Crippen LogP contribution in [-0.4, -0.2) is 17.5 Å². The third-order valence-corrected chi connectivity index (χ3v) is 5.70. The van der Waals surface area contributed by atoms with Crippen molar-refractivity contribution in [1.29, 1.82) is 0 Å². The molecule has 0 N–H and O–H groups in total. The largest absolute Gasteiger partial charge is 0.459 e. The number of hydrogen-bond acceptors (Lipinski definition) is 2. The van der Waals surface area contributed by atoms with Gasteiger partial charge < -0.3 is 4.74 Å². The molecule has 4 atom stereocenters. The second-order valence-electron chi connectivity index (χ2n) is 6.41. The summed E-state index contributed by atoms with van der Waals surface area (Å²) in [6, 6.07) is 0. The smallest absolute Gasteiger partial charge is 0.309 e. The van der Waals surface area contributed by atoms with E-state index in [2.05, 4.69) is 0 Å². The zero-order chi connectivity index (χ0) is 12.6. The van der Waals surface area contributed by atoms with Crippen LogP contribution in [0.3, 0.4) is 0 Å². The summed E-state index contributed by atoms with van der Waals surface area (Å²) in [5, 5.41) is 0. The number of rotatable bonds is 2. The molecule has 3 aliphatic rings. The maximum absolute atomic E-state index is 12.2. The van der Waals surface area contributed by atoms with Gasteiger partial charge in [-0.3, -0.25) is 4.79 Å². The summed E-state index contributed by atoms with van der Waals surface area (Å²) in [6.07, 6.45) is 10.4. The summed E-state index contributed by atoms with van der Waals surface area (Å²) in [4.78, 5) is 12.2. The minimum atomic E-state index is -0.143. The first-order valence-corrected chi connectivity index (χ1v) is 8.07. The Labute approximate surface area is 114 Å². The molecule has 2 saturated carbocycles. The highest BCUT2D eigenvalue weighted by Crippen LogP contribution is 2.51. The van der Waals surface area contributed by atoms with Gasteiger partial charge >= 0.3 is 5.97 Å². The van der Waals surface area contributed by atoms with Crippen LogP contribution in [0.5, 0.6) is 0 Å². The van der Waals surface area contributed by atoms with Crippen molar-refractivity contribution in [3.05, 3.63) is 0 Å². The van der Waals surface area contributed by atoms with Crippen molar-refractivity contribution in [2.24, 2.45) is 17.8 Å². The van der Waals surface area contributed by atoms with Crippen LogP contribution in [0.4, 0.5) is 0 Å². The van der Waals surface area contributed by atoms with E-state index in [1.807, 2.05) is 0 Å². The lowest BCUT2D eigenvalue weighted by Crippen LogP contribution is -2.52. The average molecular weight is 271 g/mol. The number of alkyl halides is 1. The fourth-order valence-electron chi connectivity index (χ4n) is 4.58. The number of ether oxygens (including phenoxy) is 1. The molecule has 1 saturated heterocycles. The van der Waals surface area contributed by atoms with Crippen LogP contribution in [0.25, 0.3) is 0 Å². The molecule has 0 aromatic carbocycles. The lowest BCUT2D eigenvalue weighted by atomic mass is 9.67. The van der Waals surface area contributed by atoms with Gasteiger partial charge in [-0.15, -0.1) is 11.6 Å². The van der Waals surface area contributed by atoms with Gasteiger partial charge in [0.2, 0.25) is 0 Å². The molecule has 3 rings (SSSR count). The fraction of sp³-hybridized carbons (Fsp3) is 0.933. The van der Waals surface area contributed by atoms with E-state index in [1.54, 1.807) is 0 Å². The molecular formula is C15H23ClO2. The Morgan fingerprint density at radius 2 is 2.11 bits per heavy atom. The van der Waals surface area contributed by atoms with Crippen molar-refractivity contribution in [2.45, 2.75) is 63.4 Å². The van der Waals surface area contributed by atoms with Crippen molar-refractivity contribution in [1.82, 2.24) is 0 Å². The molecule has 18 heavy (non-hydrogen) atoms. The Bertz CT molecular complexity index is 328. The molecular weight excluding hydrogens is 248 g/mol. The number of hydrogen-bond donors (Lipinski definition) is 0. The maximum atomic E-state index is 12.2. The summed E-state index contributed by atoms with van der Waals surface area (Å²) in [6.45, 7) is 0. The summed E-state index contributed by atoms with van der Waals surface area (Å²) < 4.78 is 6.00. The predicted octanol–water partition coefficient (Wildman–Crippen LogP) is 3.91. The Balaban J connectivity index is 1.81. The molecule has 102 valence electrons. The van der Waals surface area contributed by atoms with E-state index in [4.69, 9.17) is 16.3 Å². The van der Waals surface area contributed by atoms with E-state index < -0.39 is 0 Å². The second-order valence-corrected chi connectivity index (χ2v) is 6.79. The van der Waals surface area contributed by atoms with Crippen molar-refractivity contribution < 1.29 is 9.53 Å². The molecule has 2 nitrogen and oxygen atoms in total. The van der Waals surface area contributed by atoms with Crippen molar-refractivity contribution in [3.63, 3.8) is 0 Å². The topological polar surface area (TPSA) is 26.3 Å². The van der Waals surface area contributed by atoms with Gasteiger partial charge in [0.1, 0.15) is 5.60 Å². The molecule has 0 aromatic heterocycles. The van der Waals surface area contributed by atoms with Crippen LogP contribution in [0.15, 0.2) is 0 Å². The number of esters is 1. The molecule has 0 unspecified atom stereocenters. The standard InChI is InChI=1S/C15H23ClO2/c16-9-7-12-5-1-2-8-15(12)10-11-4-3-6-13(11)14(17)18-15/h11-13H,1-10H2/t11-,12-,13-,15+/m1/s1. The molecule has 1 spiro atoms. The van der Waals surface area contributed by atoms with Crippen molar-refractivity contribution >= 4 is 17.6 Å². The Morgan fingerprint density at radius 3 is 2.94 bits per heavy atom. The number of carbonyl (C=O) groups excluding carboxylic acids is 1. The summed E-state index contributed by atoms with van der Waals surface area (Å²) >= 11 is 5.94. The lowest BCUT2D eigenvalue weighted by Gasteiger charge is -2.49. The fourth-order valence-corrected chi connectivity index (χ4v) is 4.84. The summed E-state index contributed by atoms with van der Waals surface area (Å²) in [7, 11) is 0. The first-order chi connectivity index (χ1) is 8.75. The monoisotopic (exact) mass is 270 g/mol. The van der Waals surface area contributed by atoms with Crippen molar-refractivity contribution in [2.75, 3.05) is 5.88 Å². The first kappa shape index (κ1) is 12.8. The van der Waals surface area contributed by atoms with Gasteiger partial charge in [-0.05, 0) is 56.8 Å². The van der Waals surface area contributed by atoms with E-state index in [0.29, 0.717) is 17.7 Å². The molecule has 3 fully saturated rings. The second kappa shape index (κ2) is 5.03. The number of halogens is 1. The third kappa shape index (κ3) is 2.07. The molecule has 0 bridgehead atoms. The van der Waals surface area contributed by atoms with Crippen LogP contribution < -0.4 is 0 Å². The zero-order valence-corrected chi connectivity index (χ0v) is 11.8. The van der Waals surface area contributed by atoms with Gasteiger partial charge in [0.05, 0.1) is 5.92 Å². The quantitative estimate of drug-likeness (QED) is 0.562. The summed E-state index contributed by atoms with van der Waals surface area (Å²) in [5.74, 6) is 2.12. The molecule has 1 aliphatic heterocycles. The minimum absolute atomic E-state index is 0.102. The van der Waals surface area contributed by atoms with E-state index >= 15 is 0 Å². The minimum Gasteiger partial charge on any atom is -0.459 e. The SMILES string of the molecule is O=C1O[C@@]2(CCCC[C@@H]2CCCl)C[C@H]2CCC[C@@H]12. The summed E-state index contributed by atoms with van der Waals surface area (Å²) in [5.41, 5.74) is -0.143. The Kier molecular flexibility index (Phi) is 3.57. The number of fused-ring (bicyclic) bond motifs is 1. The van der Waals surface area contributed by atoms with Gasteiger partial charge in [0.15, 0.2) is 0 Å². The highest BCUT2D eigenvalue weighted by Gasteiger charge is 2.52. The van der Waals surface area contributed by atoms with Crippen LogP contribution in [0.1, 0.15) is 57.8 Å². The Hall–Kier alpha value is -0.240. The van der Waals surface area contributed by atoms with E-state index in [9.17, 15) is 4.79 Å². The van der Waals surface area contributed by atoms with Crippen LogP contribution in [0.2, 0.25) is 0 Å². The number of carbonyl (C=O) groups is 1. The van der Waals surface area contributed by atoms with Gasteiger partial charge in [0, 0.05) is 5.88 Å². The van der Waals surface area contributed by atoms with Gasteiger partial charge in [-0.25, -0.2) is 0 Å². The molecule has 1 heterocycles. The van der Waals surface area contributed by atoms with E-state index in [1.165, 1.54) is 32.1 Å². The van der Waals surface area contributed by atoms with Crippen LogP contribution >= 0.6 is 11.6 Å². The first-order valence-electron chi connectivity index (χ1n) is 7.54.